The Labute approximate surface area is 128 Å². The summed E-state index contributed by atoms with van der Waals surface area (Å²) in [6.45, 7) is 2.13. The molecule has 0 saturated heterocycles. The molecule has 0 spiro atoms. The van der Waals surface area contributed by atoms with Gasteiger partial charge >= 0.3 is 11.9 Å². The van der Waals surface area contributed by atoms with Gasteiger partial charge in [0.05, 0.1) is 17.7 Å². The van der Waals surface area contributed by atoms with Crippen LogP contribution in [0.1, 0.15) is 27.6 Å². The average Bonchev–Trinajstić information content (AvgIpc) is 2.56. The van der Waals surface area contributed by atoms with Crippen LogP contribution in [0, 0.1) is 0 Å². The molecule has 6 nitrogen and oxygen atoms in total. The molecule has 0 saturated carbocycles. The highest BCUT2D eigenvalue weighted by Crippen LogP contribution is 2.11. The quantitative estimate of drug-likeness (QED) is 0.511. The van der Waals surface area contributed by atoms with Gasteiger partial charge in [-0.25, -0.2) is 9.59 Å². The van der Waals surface area contributed by atoms with Crippen molar-refractivity contribution < 1.29 is 19.2 Å². The number of rotatable bonds is 3. The van der Waals surface area contributed by atoms with E-state index in [1.165, 1.54) is 0 Å². The molecule has 0 aliphatic heterocycles. The Balaban J connectivity index is 0.000000224. The van der Waals surface area contributed by atoms with Crippen molar-refractivity contribution in [1.29, 1.82) is 0 Å². The molecular formula is C16H18N2O4. The summed E-state index contributed by atoms with van der Waals surface area (Å²) in [6, 6.07) is 15.4. The smallest absolute Gasteiger partial charge is 0.356 e. The maximum Gasteiger partial charge on any atom is 0.356 e. The van der Waals surface area contributed by atoms with E-state index >= 15 is 0 Å². The number of ether oxygens (including phenoxy) is 1. The topological polar surface area (TPSA) is 105 Å². The summed E-state index contributed by atoms with van der Waals surface area (Å²) in [5, 5.41) is 0. The van der Waals surface area contributed by atoms with Crippen LogP contribution < -0.4 is 11.6 Å². The summed E-state index contributed by atoms with van der Waals surface area (Å²) in [5.41, 5.74) is 6.90. The predicted molar refractivity (Wildman–Crippen MR) is 82.9 cm³/mol. The number of nitrogens with two attached hydrogens (primary N) is 2. The fraction of sp³-hybridized carbons (Fsp3) is 0.125. The first kappa shape index (κ1) is 17.2. The van der Waals surface area contributed by atoms with Crippen LogP contribution in [-0.4, -0.2) is 18.5 Å². The Morgan fingerprint density at radius 1 is 0.955 bits per heavy atom. The second kappa shape index (κ2) is 9.15. The Kier molecular flexibility index (Phi) is 7.15. The summed E-state index contributed by atoms with van der Waals surface area (Å²) >= 11 is 0. The number of para-hydroxylation sites is 1. The summed E-state index contributed by atoms with van der Waals surface area (Å²) in [4.78, 5) is 25.8. The lowest BCUT2D eigenvalue weighted by Crippen LogP contribution is -2.09. The SMILES string of the molecule is CCOC(=O)c1ccccc1N.NOC(=O)c1ccccc1. The van der Waals surface area contributed by atoms with Crippen molar-refractivity contribution in [1.82, 2.24) is 0 Å². The van der Waals surface area contributed by atoms with Gasteiger partial charge in [0.15, 0.2) is 0 Å². The third-order valence-electron chi connectivity index (χ3n) is 2.57. The van der Waals surface area contributed by atoms with Crippen LogP contribution in [0.5, 0.6) is 0 Å². The molecule has 6 heteroatoms. The van der Waals surface area contributed by atoms with E-state index in [1.54, 1.807) is 55.5 Å². The van der Waals surface area contributed by atoms with Gasteiger partial charge in [-0.05, 0) is 31.2 Å². The number of carbonyl (C=O) groups excluding carboxylic acids is 2. The van der Waals surface area contributed by atoms with E-state index < -0.39 is 5.97 Å². The summed E-state index contributed by atoms with van der Waals surface area (Å²) in [5.74, 6) is 3.78. The lowest BCUT2D eigenvalue weighted by atomic mass is 10.2. The molecule has 0 aromatic heterocycles. The molecule has 0 heterocycles. The third-order valence-corrected chi connectivity index (χ3v) is 2.57. The molecule has 0 amide bonds. The number of anilines is 1. The number of carbonyl (C=O) groups is 2. The van der Waals surface area contributed by atoms with Gasteiger partial charge in [-0.1, -0.05) is 30.3 Å². The van der Waals surface area contributed by atoms with E-state index in [0.29, 0.717) is 23.4 Å². The van der Waals surface area contributed by atoms with Gasteiger partial charge in [0.25, 0.3) is 0 Å². The zero-order valence-electron chi connectivity index (χ0n) is 12.2. The highest BCUT2D eigenvalue weighted by atomic mass is 16.7. The first-order chi connectivity index (χ1) is 10.6. The maximum atomic E-state index is 11.2. The van der Waals surface area contributed by atoms with Gasteiger partial charge < -0.3 is 15.3 Å². The van der Waals surface area contributed by atoms with Crippen molar-refractivity contribution in [3.8, 4) is 0 Å². The Hall–Kier alpha value is -2.86. The molecule has 0 fully saturated rings. The Morgan fingerprint density at radius 2 is 1.55 bits per heavy atom. The monoisotopic (exact) mass is 302 g/mol. The Bertz CT molecular complexity index is 615. The van der Waals surface area contributed by atoms with Crippen molar-refractivity contribution in [2.24, 2.45) is 5.90 Å². The molecule has 2 aromatic rings. The molecular weight excluding hydrogens is 284 g/mol. The van der Waals surface area contributed by atoms with Gasteiger partial charge in [-0.15, -0.1) is 0 Å². The van der Waals surface area contributed by atoms with E-state index in [0.717, 1.165) is 0 Å². The standard InChI is InChI=1S/C9H11NO2.C7H7NO2/c1-2-12-9(11)7-5-3-4-6-8(7)10;8-10-7(9)6-4-2-1-3-5-6/h3-6H,2,10H2,1H3;1-5H,8H2. The van der Waals surface area contributed by atoms with Crippen molar-refractivity contribution in [2.75, 3.05) is 12.3 Å². The van der Waals surface area contributed by atoms with Crippen LogP contribution in [-0.2, 0) is 9.57 Å². The molecule has 116 valence electrons. The second-order valence-corrected chi connectivity index (χ2v) is 4.08. The van der Waals surface area contributed by atoms with Crippen LogP contribution >= 0.6 is 0 Å². The number of nitrogen functional groups attached to an aromatic ring is 1. The fourth-order valence-electron chi connectivity index (χ4n) is 1.53. The van der Waals surface area contributed by atoms with Gasteiger partial charge in [0, 0.05) is 5.69 Å². The lowest BCUT2D eigenvalue weighted by molar-refractivity contribution is 0.0500. The van der Waals surface area contributed by atoms with Crippen LogP contribution in [0.15, 0.2) is 54.6 Å². The van der Waals surface area contributed by atoms with E-state index in [1.807, 2.05) is 6.07 Å². The molecule has 0 aliphatic rings. The molecule has 2 rings (SSSR count). The van der Waals surface area contributed by atoms with Gasteiger partial charge in [-0.3, -0.25) is 0 Å². The van der Waals surface area contributed by atoms with Crippen molar-refractivity contribution in [2.45, 2.75) is 6.92 Å². The minimum atomic E-state index is -0.513. The van der Waals surface area contributed by atoms with Crippen molar-refractivity contribution in [3.05, 3.63) is 65.7 Å². The molecule has 0 unspecified atom stereocenters. The molecule has 0 aliphatic carbocycles. The zero-order chi connectivity index (χ0) is 16.4. The molecule has 22 heavy (non-hydrogen) atoms. The van der Waals surface area contributed by atoms with Crippen LogP contribution in [0.3, 0.4) is 0 Å². The molecule has 0 atom stereocenters. The van der Waals surface area contributed by atoms with Gasteiger partial charge in [-0.2, -0.15) is 5.90 Å². The maximum absolute atomic E-state index is 11.2. The fourth-order valence-corrected chi connectivity index (χ4v) is 1.53. The number of benzene rings is 2. The largest absolute Gasteiger partial charge is 0.462 e. The molecule has 4 N–H and O–H groups in total. The van der Waals surface area contributed by atoms with E-state index in [9.17, 15) is 9.59 Å². The second-order valence-electron chi connectivity index (χ2n) is 4.08. The Morgan fingerprint density at radius 3 is 2.09 bits per heavy atom. The third kappa shape index (κ3) is 5.26. The molecule has 2 aromatic carbocycles. The van der Waals surface area contributed by atoms with Crippen molar-refractivity contribution >= 4 is 17.6 Å². The first-order valence-electron chi connectivity index (χ1n) is 6.57. The first-order valence-corrected chi connectivity index (χ1v) is 6.57. The number of esters is 1. The van der Waals surface area contributed by atoms with Crippen LogP contribution in [0.25, 0.3) is 0 Å². The number of hydrogen-bond donors (Lipinski definition) is 2. The summed E-state index contributed by atoms with van der Waals surface area (Å²) in [7, 11) is 0. The van der Waals surface area contributed by atoms with Crippen LogP contribution in [0.2, 0.25) is 0 Å². The highest BCUT2D eigenvalue weighted by molar-refractivity contribution is 5.94. The highest BCUT2D eigenvalue weighted by Gasteiger charge is 2.08. The summed E-state index contributed by atoms with van der Waals surface area (Å²) < 4.78 is 4.79. The van der Waals surface area contributed by atoms with E-state index in [-0.39, 0.29) is 5.97 Å². The van der Waals surface area contributed by atoms with E-state index in [2.05, 4.69) is 10.7 Å². The minimum absolute atomic E-state index is 0.365. The number of hydrogen-bond acceptors (Lipinski definition) is 6. The lowest BCUT2D eigenvalue weighted by Gasteiger charge is -2.03. The zero-order valence-corrected chi connectivity index (χ0v) is 12.2. The normalized spacial score (nSPS) is 9.18. The van der Waals surface area contributed by atoms with Crippen molar-refractivity contribution in [3.63, 3.8) is 0 Å². The van der Waals surface area contributed by atoms with Crippen LogP contribution in [0.4, 0.5) is 5.69 Å². The van der Waals surface area contributed by atoms with E-state index in [4.69, 9.17) is 10.5 Å². The molecule has 0 radical (unpaired) electrons. The minimum Gasteiger partial charge on any atom is -0.462 e. The molecule has 0 bridgehead atoms. The predicted octanol–water partition coefficient (Wildman–Crippen LogP) is 2.16. The summed E-state index contributed by atoms with van der Waals surface area (Å²) in [6.07, 6.45) is 0. The average molecular weight is 302 g/mol. The van der Waals surface area contributed by atoms with Gasteiger partial charge in [0.1, 0.15) is 0 Å². The van der Waals surface area contributed by atoms with Gasteiger partial charge in [0.2, 0.25) is 0 Å².